The van der Waals surface area contributed by atoms with Gasteiger partial charge >= 0.3 is 0 Å². The molecule has 3 nitrogen and oxygen atoms in total. The normalized spacial score (nSPS) is 25.1. The minimum atomic E-state index is 0.252. The van der Waals surface area contributed by atoms with E-state index in [1.807, 2.05) is 0 Å². The molecule has 0 aromatic rings. The lowest BCUT2D eigenvalue weighted by Crippen LogP contribution is -2.37. The zero-order valence-electron chi connectivity index (χ0n) is 10.5. The van der Waals surface area contributed by atoms with E-state index in [0.29, 0.717) is 0 Å². The summed E-state index contributed by atoms with van der Waals surface area (Å²) >= 11 is 0. The van der Waals surface area contributed by atoms with Crippen LogP contribution in [0.5, 0.6) is 0 Å². The van der Waals surface area contributed by atoms with Gasteiger partial charge in [0.25, 0.3) is 0 Å². The van der Waals surface area contributed by atoms with Gasteiger partial charge in [-0.3, -0.25) is 4.90 Å². The van der Waals surface area contributed by atoms with Crippen molar-refractivity contribution in [1.82, 2.24) is 4.90 Å². The van der Waals surface area contributed by atoms with Crippen LogP contribution in [0.15, 0.2) is 48.3 Å². The lowest BCUT2D eigenvalue weighted by Gasteiger charge is -2.32. The Labute approximate surface area is 108 Å². The van der Waals surface area contributed by atoms with Crippen LogP contribution < -0.4 is 0 Å². The first-order chi connectivity index (χ1) is 8.95. The summed E-state index contributed by atoms with van der Waals surface area (Å²) in [7, 11) is 0. The van der Waals surface area contributed by atoms with E-state index in [0.717, 1.165) is 31.7 Å². The highest BCUT2D eigenvalue weighted by Gasteiger charge is 2.30. The predicted octanol–water partition coefficient (Wildman–Crippen LogP) is 3.09. The number of ether oxygens (including phenoxy) is 2. The van der Waals surface area contributed by atoms with Gasteiger partial charge in [-0.25, -0.2) is 0 Å². The summed E-state index contributed by atoms with van der Waals surface area (Å²) in [6, 6.07) is 0.252. The van der Waals surface area contributed by atoms with E-state index in [2.05, 4.69) is 23.1 Å². The number of rotatable bonds is 3. The quantitative estimate of drug-likeness (QED) is 0.762. The zero-order valence-corrected chi connectivity index (χ0v) is 10.5. The van der Waals surface area contributed by atoms with Crippen LogP contribution in [0, 0.1) is 0 Å². The molecule has 1 unspecified atom stereocenters. The van der Waals surface area contributed by atoms with Crippen LogP contribution in [-0.4, -0.2) is 24.0 Å². The van der Waals surface area contributed by atoms with Crippen molar-refractivity contribution < 1.29 is 9.47 Å². The summed E-state index contributed by atoms with van der Waals surface area (Å²) in [5, 5.41) is 0. The van der Waals surface area contributed by atoms with E-state index in [1.165, 1.54) is 18.4 Å². The van der Waals surface area contributed by atoms with Gasteiger partial charge in [0.2, 0.25) is 0 Å². The lowest BCUT2D eigenvalue weighted by atomic mass is 9.95. The van der Waals surface area contributed by atoms with Gasteiger partial charge in [0, 0.05) is 0 Å². The second-order valence-corrected chi connectivity index (χ2v) is 4.90. The van der Waals surface area contributed by atoms with Gasteiger partial charge in [-0.2, -0.15) is 0 Å². The highest BCUT2D eigenvalue weighted by Crippen LogP contribution is 2.29. The molecule has 0 spiro atoms. The Hall–Kier alpha value is -1.48. The SMILES string of the molecule is C1=CCCC(C(C2=COC=CO2)N2CCCC2)=C1. The second kappa shape index (κ2) is 5.44. The van der Waals surface area contributed by atoms with E-state index in [1.54, 1.807) is 18.8 Å². The Morgan fingerprint density at radius 3 is 2.72 bits per heavy atom. The first-order valence-corrected chi connectivity index (χ1v) is 6.72. The molecular weight excluding hydrogens is 226 g/mol. The second-order valence-electron chi connectivity index (χ2n) is 4.90. The maximum absolute atomic E-state index is 5.65. The molecule has 0 aromatic carbocycles. The lowest BCUT2D eigenvalue weighted by molar-refractivity contribution is 0.180. The van der Waals surface area contributed by atoms with Crippen molar-refractivity contribution in [2.24, 2.45) is 0 Å². The van der Waals surface area contributed by atoms with Gasteiger partial charge in [0.1, 0.15) is 18.8 Å². The van der Waals surface area contributed by atoms with Crippen molar-refractivity contribution in [1.29, 1.82) is 0 Å². The van der Waals surface area contributed by atoms with Gasteiger partial charge < -0.3 is 9.47 Å². The molecule has 3 aliphatic rings. The standard InChI is InChI=1S/C15H19NO2/c1-2-6-13(7-3-1)15(16-8-4-5-9-16)14-12-17-10-11-18-14/h1-2,6,10-12,15H,3-5,7-9H2. The molecule has 18 heavy (non-hydrogen) atoms. The number of hydrogen-bond donors (Lipinski definition) is 0. The fourth-order valence-corrected chi connectivity index (χ4v) is 2.85. The summed E-state index contributed by atoms with van der Waals surface area (Å²) in [4.78, 5) is 2.50. The van der Waals surface area contributed by atoms with Crippen molar-refractivity contribution >= 4 is 0 Å². The first kappa shape index (κ1) is 11.6. The van der Waals surface area contributed by atoms with Gasteiger partial charge in [0.05, 0.1) is 6.04 Å². The molecule has 0 aromatic heterocycles. The molecule has 0 amide bonds. The minimum absolute atomic E-state index is 0.252. The summed E-state index contributed by atoms with van der Waals surface area (Å²) in [5.74, 6) is 0.918. The molecule has 3 rings (SSSR count). The first-order valence-electron chi connectivity index (χ1n) is 6.72. The number of allylic oxidation sites excluding steroid dienone is 3. The molecule has 0 N–H and O–H groups in total. The number of likely N-dealkylation sites (tertiary alicyclic amines) is 1. The van der Waals surface area contributed by atoms with Crippen molar-refractivity contribution in [3.63, 3.8) is 0 Å². The van der Waals surface area contributed by atoms with Crippen molar-refractivity contribution in [2.75, 3.05) is 13.1 Å². The summed E-state index contributed by atoms with van der Waals surface area (Å²) in [6.07, 6.45) is 16.3. The van der Waals surface area contributed by atoms with E-state index in [-0.39, 0.29) is 6.04 Å². The monoisotopic (exact) mass is 245 g/mol. The van der Waals surface area contributed by atoms with Crippen LogP contribution in [-0.2, 0) is 9.47 Å². The Bertz CT molecular complexity index is 414. The Balaban J connectivity index is 1.84. The largest absolute Gasteiger partial charge is 0.466 e. The van der Waals surface area contributed by atoms with E-state index >= 15 is 0 Å². The maximum Gasteiger partial charge on any atom is 0.160 e. The summed E-state index contributed by atoms with van der Waals surface area (Å²) in [6.45, 7) is 2.30. The molecule has 1 atom stereocenters. The Morgan fingerprint density at radius 2 is 2.06 bits per heavy atom. The predicted molar refractivity (Wildman–Crippen MR) is 70.4 cm³/mol. The third-order valence-electron chi connectivity index (χ3n) is 3.70. The van der Waals surface area contributed by atoms with Crippen LogP contribution in [0.25, 0.3) is 0 Å². The number of hydrogen-bond acceptors (Lipinski definition) is 3. The third-order valence-corrected chi connectivity index (χ3v) is 3.70. The summed E-state index contributed by atoms with van der Waals surface area (Å²) < 4.78 is 10.9. The smallest absolute Gasteiger partial charge is 0.160 e. The molecule has 1 saturated heterocycles. The van der Waals surface area contributed by atoms with Crippen LogP contribution >= 0.6 is 0 Å². The van der Waals surface area contributed by atoms with Gasteiger partial charge in [-0.1, -0.05) is 18.2 Å². The van der Waals surface area contributed by atoms with Crippen LogP contribution in [0.2, 0.25) is 0 Å². The molecular formula is C15H19NO2. The molecule has 1 fully saturated rings. The molecule has 3 heteroatoms. The third kappa shape index (κ3) is 2.36. The Morgan fingerprint density at radius 1 is 1.17 bits per heavy atom. The minimum Gasteiger partial charge on any atom is -0.466 e. The Kier molecular flexibility index (Phi) is 3.51. The fraction of sp³-hybridized carbons (Fsp3) is 0.467. The fourth-order valence-electron chi connectivity index (χ4n) is 2.85. The molecule has 96 valence electrons. The van der Waals surface area contributed by atoms with Gasteiger partial charge in [0.15, 0.2) is 5.76 Å². The van der Waals surface area contributed by atoms with Gasteiger partial charge in [-0.15, -0.1) is 0 Å². The summed E-state index contributed by atoms with van der Waals surface area (Å²) in [5.41, 5.74) is 1.43. The van der Waals surface area contributed by atoms with Crippen molar-refractivity contribution in [2.45, 2.75) is 31.7 Å². The molecule has 2 aliphatic heterocycles. The van der Waals surface area contributed by atoms with Crippen LogP contribution in [0.4, 0.5) is 0 Å². The highest BCUT2D eigenvalue weighted by molar-refractivity contribution is 5.29. The molecule has 0 saturated carbocycles. The zero-order chi connectivity index (χ0) is 12.2. The van der Waals surface area contributed by atoms with E-state index < -0.39 is 0 Å². The molecule has 2 heterocycles. The van der Waals surface area contributed by atoms with E-state index in [4.69, 9.17) is 9.47 Å². The topological polar surface area (TPSA) is 21.7 Å². The van der Waals surface area contributed by atoms with Crippen LogP contribution in [0.3, 0.4) is 0 Å². The molecule has 0 bridgehead atoms. The molecule has 1 aliphatic carbocycles. The van der Waals surface area contributed by atoms with Crippen LogP contribution in [0.1, 0.15) is 25.7 Å². The van der Waals surface area contributed by atoms with Crippen molar-refractivity contribution in [3.8, 4) is 0 Å². The number of nitrogens with zero attached hydrogens (tertiary/aromatic N) is 1. The molecule has 0 radical (unpaired) electrons. The van der Waals surface area contributed by atoms with E-state index in [9.17, 15) is 0 Å². The highest BCUT2D eigenvalue weighted by atomic mass is 16.5. The average Bonchev–Trinajstić information content (AvgIpc) is 2.95. The van der Waals surface area contributed by atoms with Crippen molar-refractivity contribution in [3.05, 3.63) is 48.3 Å². The maximum atomic E-state index is 5.65. The van der Waals surface area contributed by atoms with Gasteiger partial charge in [-0.05, 0) is 44.3 Å². The average molecular weight is 245 g/mol.